The highest BCUT2D eigenvalue weighted by atomic mass is 16.1. The molecule has 0 aliphatic rings. The van der Waals surface area contributed by atoms with Crippen LogP contribution in [-0.2, 0) is 6.54 Å². The van der Waals surface area contributed by atoms with Gasteiger partial charge in [0.1, 0.15) is 5.69 Å². The van der Waals surface area contributed by atoms with E-state index in [0.717, 1.165) is 29.8 Å². The van der Waals surface area contributed by atoms with Gasteiger partial charge in [0.05, 0.1) is 5.69 Å². The first kappa shape index (κ1) is 14.2. The van der Waals surface area contributed by atoms with Crippen LogP contribution in [0.5, 0.6) is 0 Å². The molecule has 0 aliphatic carbocycles. The average molecular weight is 271 g/mol. The van der Waals surface area contributed by atoms with Gasteiger partial charge in [-0.05, 0) is 49.6 Å². The first-order valence-electron chi connectivity index (χ1n) is 6.85. The van der Waals surface area contributed by atoms with Crippen molar-refractivity contribution in [3.63, 3.8) is 0 Å². The summed E-state index contributed by atoms with van der Waals surface area (Å²) in [6.45, 7) is 6.88. The maximum atomic E-state index is 12.4. The first-order valence-corrected chi connectivity index (χ1v) is 6.85. The maximum Gasteiger partial charge on any atom is 0.272 e. The third-order valence-corrected chi connectivity index (χ3v) is 3.09. The number of nitrogen functional groups attached to an aromatic ring is 1. The molecule has 0 atom stereocenters. The molecule has 4 nitrogen and oxygen atoms in total. The van der Waals surface area contributed by atoms with Crippen LogP contribution in [0.4, 0.5) is 11.4 Å². The summed E-state index contributed by atoms with van der Waals surface area (Å²) in [6, 6.07) is 7.71. The Morgan fingerprint density at radius 3 is 2.45 bits per heavy atom. The van der Waals surface area contributed by atoms with Crippen LogP contribution in [0, 0.1) is 13.8 Å². The van der Waals surface area contributed by atoms with E-state index in [-0.39, 0.29) is 5.91 Å². The highest BCUT2D eigenvalue weighted by Gasteiger charge is 2.13. The van der Waals surface area contributed by atoms with Crippen molar-refractivity contribution in [1.29, 1.82) is 0 Å². The summed E-state index contributed by atoms with van der Waals surface area (Å²) < 4.78 is 1.90. The van der Waals surface area contributed by atoms with E-state index in [4.69, 9.17) is 5.73 Å². The number of aryl methyl sites for hydroxylation is 3. The van der Waals surface area contributed by atoms with E-state index in [9.17, 15) is 4.79 Å². The Kier molecular flexibility index (Phi) is 4.13. The molecule has 0 saturated carbocycles. The molecule has 20 heavy (non-hydrogen) atoms. The molecular weight excluding hydrogens is 250 g/mol. The minimum atomic E-state index is -0.125. The lowest BCUT2D eigenvalue weighted by atomic mass is 10.1. The fourth-order valence-electron chi connectivity index (χ4n) is 2.39. The summed E-state index contributed by atoms with van der Waals surface area (Å²) in [7, 11) is 0. The summed E-state index contributed by atoms with van der Waals surface area (Å²) in [4.78, 5) is 12.4. The fourth-order valence-corrected chi connectivity index (χ4v) is 2.39. The van der Waals surface area contributed by atoms with Crippen molar-refractivity contribution in [2.24, 2.45) is 0 Å². The van der Waals surface area contributed by atoms with Crippen molar-refractivity contribution >= 4 is 17.3 Å². The van der Waals surface area contributed by atoms with E-state index >= 15 is 0 Å². The molecule has 3 N–H and O–H groups in total. The van der Waals surface area contributed by atoms with Crippen molar-refractivity contribution in [2.45, 2.75) is 33.7 Å². The van der Waals surface area contributed by atoms with Crippen LogP contribution in [0.1, 0.15) is 35.0 Å². The standard InChI is InChI=1S/C16H21N3O/c1-4-5-19-10-13(17)9-15(19)16(20)18-14-7-11(2)6-12(3)8-14/h6-10H,4-5,17H2,1-3H3,(H,18,20). The topological polar surface area (TPSA) is 60.0 Å². The Hall–Kier alpha value is -2.23. The molecule has 1 amide bonds. The van der Waals surface area contributed by atoms with E-state index in [1.165, 1.54) is 0 Å². The predicted octanol–water partition coefficient (Wildman–Crippen LogP) is 3.35. The van der Waals surface area contributed by atoms with E-state index in [0.29, 0.717) is 11.4 Å². The molecule has 2 rings (SSSR count). The third kappa shape index (κ3) is 3.20. The van der Waals surface area contributed by atoms with Gasteiger partial charge in [-0.3, -0.25) is 4.79 Å². The second-order valence-corrected chi connectivity index (χ2v) is 5.18. The smallest absolute Gasteiger partial charge is 0.272 e. The lowest BCUT2D eigenvalue weighted by Gasteiger charge is -2.10. The van der Waals surface area contributed by atoms with Crippen LogP contribution in [0.15, 0.2) is 30.5 Å². The number of carbonyl (C=O) groups excluding carboxylic acids is 1. The molecule has 1 heterocycles. The molecule has 0 unspecified atom stereocenters. The molecule has 1 aromatic heterocycles. The second-order valence-electron chi connectivity index (χ2n) is 5.18. The minimum Gasteiger partial charge on any atom is -0.397 e. The molecule has 106 valence electrons. The Bertz CT molecular complexity index is 608. The SMILES string of the molecule is CCCn1cc(N)cc1C(=O)Nc1cc(C)cc(C)c1. The zero-order valence-corrected chi connectivity index (χ0v) is 12.2. The molecule has 0 radical (unpaired) electrons. The number of nitrogens with one attached hydrogen (secondary N) is 1. The fraction of sp³-hybridized carbons (Fsp3) is 0.312. The molecule has 0 spiro atoms. The normalized spacial score (nSPS) is 10.6. The molecule has 4 heteroatoms. The lowest BCUT2D eigenvalue weighted by Crippen LogP contribution is -2.16. The zero-order chi connectivity index (χ0) is 14.7. The number of rotatable bonds is 4. The summed E-state index contributed by atoms with van der Waals surface area (Å²) in [6.07, 6.45) is 2.76. The number of aromatic nitrogens is 1. The van der Waals surface area contributed by atoms with Gasteiger partial charge in [-0.25, -0.2) is 0 Å². The number of anilines is 2. The van der Waals surface area contributed by atoms with Crippen LogP contribution in [0.25, 0.3) is 0 Å². The number of benzene rings is 1. The molecule has 0 fully saturated rings. The van der Waals surface area contributed by atoms with E-state index in [1.807, 2.05) is 30.5 Å². The zero-order valence-electron chi connectivity index (χ0n) is 12.2. The largest absolute Gasteiger partial charge is 0.397 e. The second kappa shape index (κ2) is 5.82. The van der Waals surface area contributed by atoms with Gasteiger partial charge in [0.25, 0.3) is 5.91 Å². The number of amides is 1. The molecule has 0 bridgehead atoms. The van der Waals surface area contributed by atoms with Crippen molar-refractivity contribution in [1.82, 2.24) is 4.57 Å². The van der Waals surface area contributed by atoms with Gasteiger partial charge in [0, 0.05) is 18.4 Å². The van der Waals surface area contributed by atoms with Crippen LogP contribution in [-0.4, -0.2) is 10.5 Å². The summed E-state index contributed by atoms with van der Waals surface area (Å²) in [5.74, 6) is -0.125. The van der Waals surface area contributed by atoms with Gasteiger partial charge in [-0.1, -0.05) is 13.0 Å². The van der Waals surface area contributed by atoms with E-state index in [2.05, 4.69) is 18.3 Å². The maximum absolute atomic E-state index is 12.4. The Morgan fingerprint density at radius 2 is 1.85 bits per heavy atom. The molecule has 2 aromatic rings. The summed E-state index contributed by atoms with van der Waals surface area (Å²) in [5, 5.41) is 2.94. The van der Waals surface area contributed by atoms with Crippen molar-refractivity contribution in [3.05, 3.63) is 47.3 Å². The third-order valence-electron chi connectivity index (χ3n) is 3.09. The summed E-state index contributed by atoms with van der Waals surface area (Å²) >= 11 is 0. The predicted molar refractivity (Wildman–Crippen MR) is 83.0 cm³/mol. The van der Waals surface area contributed by atoms with Crippen molar-refractivity contribution < 1.29 is 4.79 Å². The van der Waals surface area contributed by atoms with Crippen LogP contribution < -0.4 is 11.1 Å². The van der Waals surface area contributed by atoms with Gasteiger partial charge in [-0.2, -0.15) is 0 Å². The van der Waals surface area contributed by atoms with Crippen LogP contribution in [0.2, 0.25) is 0 Å². The van der Waals surface area contributed by atoms with E-state index in [1.54, 1.807) is 12.3 Å². The van der Waals surface area contributed by atoms with Gasteiger partial charge in [-0.15, -0.1) is 0 Å². The molecule has 0 saturated heterocycles. The first-order chi connectivity index (χ1) is 9.49. The molecular formula is C16H21N3O. The quantitative estimate of drug-likeness (QED) is 0.895. The van der Waals surface area contributed by atoms with Crippen LogP contribution >= 0.6 is 0 Å². The van der Waals surface area contributed by atoms with Gasteiger partial charge >= 0.3 is 0 Å². The molecule has 1 aromatic carbocycles. The van der Waals surface area contributed by atoms with Crippen molar-refractivity contribution in [3.8, 4) is 0 Å². The monoisotopic (exact) mass is 271 g/mol. The number of nitrogens with zero attached hydrogens (tertiary/aromatic N) is 1. The highest BCUT2D eigenvalue weighted by Crippen LogP contribution is 2.17. The Labute approximate surface area is 119 Å². The lowest BCUT2D eigenvalue weighted by molar-refractivity contribution is 0.101. The number of nitrogens with two attached hydrogens (primary N) is 1. The van der Waals surface area contributed by atoms with Crippen LogP contribution in [0.3, 0.4) is 0 Å². The average Bonchev–Trinajstić information content (AvgIpc) is 2.69. The van der Waals surface area contributed by atoms with Crippen molar-refractivity contribution in [2.75, 3.05) is 11.1 Å². The highest BCUT2D eigenvalue weighted by molar-refractivity contribution is 6.03. The molecule has 0 aliphatic heterocycles. The van der Waals surface area contributed by atoms with Gasteiger partial charge < -0.3 is 15.6 Å². The summed E-state index contributed by atoms with van der Waals surface area (Å²) in [5.41, 5.74) is 10.1. The van der Waals surface area contributed by atoms with E-state index < -0.39 is 0 Å². The number of hydrogen-bond donors (Lipinski definition) is 2. The van der Waals surface area contributed by atoms with Gasteiger partial charge in [0.2, 0.25) is 0 Å². The minimum absolute atomic E-state index is 0.125. The van der Waals surface area contributed by atoms with Gasteiger partial charge in [0.15, 0.2) is 0 Å². The number of carbonyl (C=O) groups is 1. The Morgan fingerprint density at radius 1 is 1.20 bits per heavy atom. The Balaban J connectivity index is 2.23. The number of hydrogen-bond acceptors (Lipinski definition) is 2.